The number of hydrogen-bond acceptors (Lipinski definition) is 3. The minimum Gasteiger partial charge on any atom is -0.426 e. The van der Waals surface area contributed by atoms with E-state index >= 15 is 0 Å². The van der Waals surface area contributed by atoms with E-state index in [0.29, 0.717) is 17.2 Å². The van der Waals surface area contributed by atoms with Crippen LogP contribution in [0.25, 0.3) is 0 Å². The summed E-state index contributed by atoms with van der Waals surface area (Å²) in [6.45, 7) is 11.1. The molecule has 0 saturated heterocycles. The van der Waals surface area contributed by atoms with E-state index in [0.717, 1.165) is 13.0 Å². The van der Waals surface area contributed by atoms with Crippen LogP contribution in [0.1, 0.15) is 71.8 Å². The lowest BCUT2D eigenvalue weighted by Crippen LogP contribution is -2.42. The Morgan fingerprint density at radius 1 is 1.30 bits per heavy atom. The lowest BCUT2D eigenvalue weighted by atomic mass is 9.58. The second kappa shape index (κ2) is 6.88. The summed E-state index contributed by atoms with van der Waals surface area (Å²) in [5.41, 5.74) is 0.613. The Hall–Kier alpha value is -1.42. The third-order valence-corrected chi connectivity index (χ3v) is 6.84. The number of benzene rings is 1. The topological polar surface area (TPSA) is 38.3 Å². The first-order valence-corrected chi connectivity index (χ1v) is 10.1. The van der Waals surface area contributed by atoms with Crippen LogP contribution in [-0.4, -0.2) is 19.6 Å². The van der Waals surface area contributed by atoms with Gasteiger partial charge in [-0.15, -0.1) is 0 Å². The van der Waals surface area contributed by atoms with Crippen molar-refractivity contribution in [3.05, 3.63) is 29.6 Å². The zero-order valence-electron chi connectivity index (χ0n) is 17.6. The first kappa shape index (κ1) is 20.3. The van der Waals surface area contributed by atoms with E-state index in [1.54, 1.807) is 12.1 Å². The van der Waals surface area contributed by atoms with Gasteiger partial charge in [0.1, 0.15) is 11.6 Å². The molecule has 0 amide bonds. The summed E-state index contributed by atoms with van der Waals surface area (Å²) in [7, 11) is 1.97. The Labute approximate surface area is 163 Å². The van der Waals surface area contributed by atoms with Gasteiger partial charge in [-0.1, -0.05) is 13.8 Å². The molecule has 150 valence electrons. The van der Waals surface area contributed by atoms with Gasteiger partial charge in [0.2, 0.25) is 0 Å². The number of halogens is 1. The maximum absolute atomic E-state index is 14.9. The van der Waals surface area contributed by atoms with Crippen LogP contribution in [-0.2, 0) is 4.79 Å². The van der Waals surface area contributed by atoms with Crippen molar-refractivity contribution < 1.29 is 13.9 Å². The predicted octanol–water partition coefficient (Wildman–Crippen LogP) is 5.30. The largest absolute Gasteiger partial charge is 0.426 e. The SMILES string of the molecule is CNC[C@@H]1[C@H](c2cc(OC(=O)C(C)(C)C)ccc2F)C[C@@]2(C)CC[C@]1(C)C2. The van der Waals surface area contributed by atoms with Crippen molar-refractivity contribution in [3.8, 4) is 5.75 Å². The second-order valence-corrected chi connectivity index (χ2v) is 10.4. The summed E-state index contributed by atoms with van der Waals surface area (Å²) in [5.74, 6) is 0.473. The highest BCUT2D eigenvalue weighted by Crippen LogP contribution is 2.64. The van der Waals surface area contributed by atoms with Crippen molar-refractivity contribution in [2.45, 2.75) is 66.2 Å². The highest BCUT2D eigenvalue weighted by atomic mass is 19.1. The summed E-state index contributed by atoms with van der Waals surface area (Å²) in [6, 6.07) is 4.79. The molecule has 0 aromatic heterocycles. The Bertz CT molecular complexity index is 726. The minimum absolute atomic E-state index is 0.136. The molecule has 2 fully saturated rings. The average molecular weight is 376 g/mol. The fourth-order valence-electron chi connectivity index (χ4n) is 5.45. The summed E-state index contributed by atoms with van der Waals surface area (Å²) in [4.78, 5) is 12.3. The van der Waals surface area contributed by atoms with Crippen LogP contribution in [0.5, 0.6) is 5.75 Å². The second-order valence-electron chi connectivity index (χ2n) is 10.4. The van der Waals surface area contributed by atoms with Crippen LogP contribution in [0.2, 0.25) is 0 Å². The molecule has 1 N–H and O–H groups in total. The smallest absolute Gasteiger partial charge is 0.316 e. The van der Waals surface area contributed by atoms with Crippen molar-refractivity contribution in [1.29, 1.82) is 0 Å². The molecular formula is C23H34FNO2. The van der Waals surface area contributed by atoms with Gasteiger partial charge in [0.05, 0.1) is 5.41 Å². The minimum atomic E-state index is -0.589. The molecule has 1 aromatic carbocycles. The third kappa shape index (κ3) is 3.91. The normalized spacial score (nSPS) is 33.1. The first-order valence-electron chi connectivity index (χ1n) is 10.1. The van der Waals surface area contributed by atoms with Gasteiger partial charge >= 0.3 is 5.97 Å². The number of carbonyl (C=O) groups is 1. The van der Waals surface area contributed by atoms with Gasteiger partial charge in [-0.05, 0) is 106 Å². The van der Waals surface area contributed by atoms with Crippen LogP contribution in [0, 0.1) is 28.0 Å². The first-order chi connectivity index (χ1) is 12.5. The number of esters is 1. The molecule has 0 unspecified atom stereocenters. The molecule has 4 atom stereocenters. The number of nitrogens with one attached hydrogen (secondary N) is 1. The number of hydrogen-bond donors (Lipinski definition) is 1. The van der Waals surface area contributed by atoms with Gasteiger partial charge in [0.25, 0.3) is 0 Å². The van der Waals surface area contributed by atoms with E-state index < -0.39 is 5.41 Å². The molecular weight excluding hydrogens is 341 g/mol. The average Bonchev–Trinajstić information content (AvgIpc) is 2.83. The Morgan fingerprint density at radius 2 is 2.00 bits per heavy atom. The highest BCUT2D eigenvalue weighted by Gasteiger charge is 2.55. The van der Waals surface area contributed by atoms with Crippen LogP contribution >= 0.6 is 0 Å². The molecule has 2 bridgehead atoms. The standard InChI is InChI=1S/C23H34FNO2/c1-21(2,3)20(26)27-15-7-8-19(24)16(11-15)17-12-22(4)9-10-23(5,14-22)18(17)13-25-6/h7-8,11,17-18,25H,9-10,12-14H2,1-6H3/t17-,18+,22+,23+/m0/s1. The van der Waals surface area contributed by atoms with Crippen LogP contribution in [0.15, 0.2) is 18.2 Å². The number of fused-ring (bicyclic) bond motifs is 2. The summed E-state index contributed by atoms with van der Waals surface area (Å²) >= 11 is 0. The van der Waals surface area contributed by atoms with Gasteiger partial charge < -0.3 is 10.1 Å². The Morgan fingerprint density at radius 3 is 2.63 bits per heavy atom. The van der Waals surface area contributed by atoms with Gasteiger partial charge in [-0.3, -0.25) is 4.79 Å². The van der Waals surface area contributed by atoms with E-state index in [1.807, 2.05) is 27.8 Å². The number of rotatable bonds is 4. The van der Waals surface area contributed by atoms with Gasteiger partial charge in [0.15, 0.2) is 0 Å². The van der Waals surface area contributed by atoms with Crippen LogP contribution < -0.4 is 10.1 Å². The van der Waals surface area contributed by atoms with Gasteiger partial charge in [0, 0.05) is 0 Å². The van der Waals surface area contributed by atoms with Crippen molar-refractivity contribution in [3.63, 3.8) is 0 Å². The molecule has 3 nitrogen and oxygen atoms in total. The van der Waals surface area contributed by atoms with Gasteiger partial charge in [-0.2, -0.15) is 0 Å². The van der Waals surface area contributed by atoms with Crippen molar-refractivity contribution >= 4 is 5.97 Å². The molecule has 2 saturated carbocycles. The monoisotopic (exact) mass is 375 g/mol. The van der Waals surface area contributed by atoms with Crippen molar-refractivity contribution in [2.75, 3.05) is 13.6 Å². The van der Waals surface area contributed by atoms with E-state index in [2.05, 4.69) is 19.2 Å². The molecule has 0 heterocycles. The molecule has 27 heavy (non-hydrogen) atoms. The number of carbonyl (C=O) groups excluding carboxylic acids is 1. The molecule has 0 radical (unpaired) electrons. The summed E-state index contributed by atoms with van der Waals surface area (Å²) < 4.78 is 20.5. The highest BCUT2D eigenvalue weighted by molar-refractivity contribution is 5.77. The molecule has 1 aromatic rings. The molecule has 0 spiro atoms. The van der Waals surface area contributed by atoms with E-state index in [4.69, 9.17) is 4.74 Å². The molecule has 4 heteroatoms. The zero-order chi connectivity index (χ0) is 20.0. The third-order valence-electron chi connectivity index (χ3n) is 6.84. The molecule has 2 aliphatic carbocycles. The Balaban J connectivity index is 1.96. The van der Waals surface area contributed by atoms with E-state index in [1.165, 1.54) is 25.3 Å². The van der Waals surface area contributed by atoms with Crippen molar-refractivity contribution in [1.82, 2.24) is 5.32 Å². The van der Waals surface area contributed by atoms with Crippen molar-refractivity contribution in [2.24, 2.45) is 22.2 Å². The maximum Gasteiger partial charge on any atom is 0.316 e. The van der Waals surface area contributed by atoms with E-state index in [-0.39, 0.29) is 28.5 Å². The molecule has 2 aliphatic rings. The number of ether oxygens (including phenoxy) is 1. The maximum atomic E-state index is 14.9. The van der Waals surface area contributed by atoms with Gasteiger partial charge in [-0.25, -0.2) is 4.39 Å². The Kier molecular flexibility index (Phi) is 5.17. The summed E-state index contributed by atoms with van der Waals surface area (Å²) in [6.07, 6.45) is 4.61. The zero-order valence-corrected chi connectivity index (χ0v) is 17.6. The fraction of sp³-hybridized carbons (Fsp3) is 0.696. The summed E-state index contributed by atoms with van der Waals surface area (Å²) in [5, 5.41) is 3.34. The quantitative estimate of drug-likeness (QED) is 0.573. The molecule has 3 rings (SSSR count). The van der Waals surface area contributed by atoms with E-state index in [9.17, 15) is 9.18 Å². The van der Waals surface area contributed by atoms with Crippen LogP contribution in [0.4, 0.5) is 4.39 Å². The predicted molar refractivity (Wildman–Crippen MR) is 106 cm³/mol. The molecule has 0 aliphatic heterocycles. The lowest BCUT2D eigenvalue weighted by Gasteiger charge is -2.47. The lowest BCUT2D eigenvalue weighted by molar-refractivity contribution is -0.143. The fourth-order valence-corrected chi connectivity index (χ4v) is 5.45. The van der Waals surface area contributed by atoms with Crippen LogP contribution in [0.3, 0.4) is 0 Å².